The average Bonchev–Trinajstić information content (AvgIpc) is 2.65. The normalized spacial score (nSPS) is 27.8. The van der Waals surface area contributed by atoms with Crippen molar-refractivity contribution < 1.29 is 14.4 Å². The first-order valence-corrected chi connectivity index (χ1v) is 8.69. The van der Waals surface area contributed by atoms with Crippen molar-refractivity contribution >= 4 is 17.8 Å². The van der Waals surface area contributed by atoms with Crippen molar-refractivity contribution in [3.05, 3.63) is 0 Å². The highest BCUT2D eigenvalue weighted by Gasteiger charge is 2.54. The molecule has 24 heavy (non-hydrogen) atoms. The fourth-order valence-electron chi connectivity index (χ4n) is 3.62. The average molecular weight is 338 g/mol. The number of nitrogens with zero attached hydrogens (tertiary/aromatic N) is 2. The number of imide groups is 1. The van der Waals surface area contributed by atoms with E-state index in [2.05, 4.69) is 10.6 Å². The molecule has 1 aliphatic heterocycles. The Morgan fingerprint density at radius 1 is 1.38 bits per heavy atom. The summed E-state index contributed by atoms with van der Waals surface area (Å²) in [6.45, 7) is 8.03. The van der Waals surface area contributed by atoms with Gasteiger partial charge in [-0.25, -0.2) is 9.69 Å². The summed E-state index contributed by atoms with van der Waals surface area (Å²) in [5.74, 6) is -0.136. The van der Waals surface area contributed by atoms with Crippen LogP contribution < -0.4 is 10.6 Å². The number of hydrogen-bond donors (Lipinski definition) is 2. The maximum Gasteiger partial charge on any atom is 0.326 e. The van der Waals surface area contributed by atoms with Gasteiger partial charge in [-0.1, -0.05) is 19.8 Å². The van der Waals surface area contributed by atoms with Crippen molar-refractivity contribution in [2.24, 2.45) is 5.92 Å². The summed E-state index contributed by atoms with van der Waals surface area (Å²) in [6.07, 6.45) is 3.69. The van der Waals surface area contributed by atoms with Gasteiger partial charge in [0.15, 0.2) is 0 Å². The first kappa shape index (κ1) is 18.7. The molecule has 0 bridgehead atoms. The van der Waals surface area contributed by atoms with Crippen LogP contribution in [0.25, 0.3) is 0 Å². The van der Waals surface area contributed by atoms with Crippen molar-refractivity contribution in [1.29, 1.82) is 0 Å². The fraction of sp³-hybridized carbons (Fsp3) is 0.824. The van der Waals surface area contributed by atoms with Crippen LogP contribution in [0.4, 0.5) is 4.79 Å². The highest BCUT2D eigenvalue weighted by Crippen LogP contribution is 2.38. The van der Waals surface area contributed by atoms with E-state index in [1.165, 1.54) is 4.90 Å². The molecule has 7 heteroatoms. The minimum absolute atomic E-state index is 0.122. The van der Waals surface area contributed by atoms with Crippen LogP contribution in [-0.2, 0) is 9.59 Å². The Bertz CT molecular complexity index is 528. The number of nitrogens with one attached hydrogen (secondary N) is 2. The molecule has 7 nitrogen and oxygen atoms in total. The van der Waals surface area contributed by atoms with E-state index in [9.17, 15) is 14.4 Å². The lowest BCUT2D eigenvalue weighted by Crippen LogP contribution is -2.54. The number of amides is 4. The van der Waals surface area contributed by atoms with Gasteiger partial charge in [0.2, 0.25) is 5.91 Å². The van der Waals surface area contributed by atoms with Gasteiger partial charge in [-0.3, -0.25) is 14.5 Å². The van der Waals surface area contributed by atoms with Gasteiger partial charge in [0, 0.05) is 5.54 Å². The largest absolute Gasteiger partial charge is 0.350 e. The predicted octanol–water partition coefficient (Wildman–Crippen LogP) is 1.29. The number of likely N-dealkylation sites (N-methyl/N-ethyl adjacent to an activating group) is 1. The summed E-state index contributed by atoms with van der Waals surface area (Å²) in [5, 5.41) is 5.80. The summed E-state index contributed by atoms with van der Waals surface area (Å²) >= 11 is 0. The van der Waals surface area contributed by atoms with Crippen LogP contribution in [0.3, 0.4) is 0 Å². The van der Waals surface area contributed by atoms with Gasteiger partial charge in [-0.05, 0) is 46.6 Å². The molecule has 1 aliphatic carbocycles. The topological polar surface area (TPSA) is 81.8 Å². The van der Waals surface area contributed by atoms with E-state index in [0.717, 1.165) is 19.3 Å². The van der Waals surface area contributed by atoms with Crippen LogP contribution in [0, 0.1) is 5.92 Å². The van der Waals surface area contributed by atoms with E-state index in [1.54, 1.807) is 11.9 Å². The second kappa shape index (κ2) is 6.70. The van der Waals surface area contributed by atoms with Crippen molar-refractivity contribution in [1.82, 2.24) is 20.4 Å². The molecule has 1 spiro atoms. The number of carbonyl (C=O) groups is 3. The zero-order valence-corrected chi connectivity index (χ0v) is 15.4. The van der Waals surface area contributed by atoms with Crippen LogP contribution in [-0.4, -0.2) is 59.0 Å². The van der Waals surface area contributed by atoms with Crippen LogP contribution in [0.1, 0.15) is 53.4 Å². The molecule has 2 rings (SSSR count). The Morgan fingerprint density at radius 2 is 2.04 bits per heavy atom. The lowest BCUT2D eigenvalue weighted by molar-refractivity contribution is -0.136. The van der Waals surface area contributed by atoms with Gasteiger partial charge in [0.05, 0.1) is 13.2 Å². The smallest absolute Gasteiger partial charge is 0.326 e. The summed E-state index contributed by atoms with van der Waals surface area (Å²) < 4.78 is 0. The molecule has 0 unspecified atom stereocenters. The van der Waals surface area contributed by atoms with E-state index < -0.39 is 5.54 Å². The maximum atomic E-state index is 12.9. The van der Waals surface area contributed by atoms with E-state index in [-0.39, 0.29) is 42.5 Å². The zero-order valence-electron chi connectivity index (χ0n) is 15.4. The number of hydrogen-bond acceptors (Lipinski definition) is 4. The molecule has 2 atom stereocenters. The summed E-state index contributed by atoms with van der Waals surface area (Å²) in [5.41, 5.74) is -1.05. The Kier molecular flexibility index (Phi) is 5.22. The molecule has 2 N–H and O–H groups in total. The van der Waals surface area contributed by atoms with Crippen molar-refractivity contribution in [2.45, 2.75) is 64.5 Å². The van der Waals surface area contributed by atoms with Gasteiger partial charge in [-0.2, -0.15) is 0 Å². The molecule has 2 aliphatic rings. The highest BCUT2D eigenvalue weighted by atomic mass is 16.2. The Morgan fingerprint density at radius 3 is 2.62 bits per heavy atom. The van der Waals surface area contributed by atoms with E-state index in [0.29, 0.717) is 6.42 Å². The third kappa shape index (κ3) is 3.88. The Balaban J connectivity index is 1.98. The molecule has 4 amide bonds. The highest BCUT2D eigenvalue weighted by molar-refractivity contribution is 6.07. The molecule has 0 aromatic carbocycles. The van der Waals surface area contributed by atoms with Gasteiger partial charge < -0.3 is 10.6 Å². The molecule has 1 heterocycles. The molecule has 136 valence electrons. The molecule has 1 saturated carbocycles. The quantitative estimate of drug-likeness (QED) is 0.757. The summed E-state index contributed by atoms with van der Waals surface area (Å²) in [4.78, 5) is 40.1. The van der Waals surface area contributed by atoms with Crippen molar-refractivity contribution in [3.63, 3.8) is 0 Å². The van der Waals surface area contributed by atoms with Crippen LogP contribution in [0.5, 0.6) is 0 Å². The minimum atomic E-state index is -0.746. The van der Waals surface area contributed by atoms with Gasteiger partial charge in [-0.15, -0.1) is 0 Å². The van der Waals surface area contributed by atoms with Gasteiger partial charge in [0.1, 0.15) is 5.54 Å². The van der Waals surface area contributed by atoms with E-state index in [1.807, 2.05) is 27.7 Å². The SMILES string of the molecule is C[C@@H]1CCCC[C@]12NC(=O)N(CN(C)CC(=O)NC(C)(C)C)C2=O. The number of carbonyl (C=O) groups excluding carboxylic acids is 3. The van der Waals surface area contributed by atoms with Crippen LogP contribution in [0.2, 0.25) is 0 Å². The summed E-state index contributed by atoms with van der Waals surface area (Å²) in [6, 6.07) is -0.350. The molecule has 1 saturated heterocycles. The Hall–Kier alpha value is -1.63. The molecule has 0 aromatic rings. The number of urea groups is 1. The third-order valence-electron chi connectivity index (χ3n) is 4.81. The van der Waals surface area contributed by atoms with Gasteiger partial charge in [0.25, 0.3) is 5.91 Å². The maximum absolute atomic E-state index is 12.9. The lowest BCUT2D eigenvalue weighted by Gasteiger charge is -2.37. The fourth-order valence-corrected chi connectivity index (χ4v) is 3.62. The third-order valence-corrected chi connectivity index (χ3v) is 4.81. The van der Waals surface area contributed by atoms with Gasteiger partial charge >= 0.3 is 6.03 Å². The van der Waals surface area contributed by atoms with E-state index in [4.69, 9.17) is 0 Å². The molecular formula is C17H30N4O3. The second-order valence-electron chi connectivity index (χ2n) is 8.24. The first-order chi connectivity index (χ1) is 11.0. The molecule has 0 radical (unpaired) electrons. The molecule has 0 aromatic heterocycles. The monoisotopic (exact) mass is 338 g/mol. The second-order valence-corrected chi connectivity index (χ2v) is 8.24. The minimum Gasteiger partial charge on any atom is -0.350 e. The standard InChI is InChI=1S/C17H30N4O3/c1-12-8-6-7-9-17(12)14(23)21(15(24)19-17)11-20(5)10-13(22)18-16(2,3)4/h12H,6-11H2,1-5H3,(H,18,22)(H,19,24)/t12-,17+/m1/s1. The molecule has 2 fully saturated rings. The predicted molar refractivity (Wildman–Crippen MR) is 91.1 cm³/mol. The molecular weight excluding hydrogens is 308 g/mol. The lowest BCUT2D eigenvalue weighted by atomic mass is 9.73. The Labute approximate surface area is 144 Å². The van der Waals surface area contributed by atoms with Crippen LogP contribution >= 0.6 is 0 Å². The van der Waals surface area contributed by atoms with E-state index >= 15 is 0 Å². The van der Waals surface area contributed by atoms with Crippen molar-refractivity contribution in [2.75, 3.05) is 20.3 Å². The summed E-state index contributed by atoms with van der Waals surface area (Å²) in [7, 11) is 1.73. The van der Waals surface area contributed by atoms with Crippen LogP contribution in [0.15, 0.2) is 0 Å². The number of rotatable bonds is 4. The zero-order chi connectivity index (χ0) is 18.1. The first-order valence-electron chi connectivity index (χ1n) is 8.69. The van der Waals surface area contributed by atoms with Crippen molar-refractivity contribution in [3.8, 4) is 0 Å².